The maximum absolute atomic E-state index is 12.4. The lowest BCUT2D eigenvalue weighted by Crippen LogP contribution is -2.30. The molecular weight excluding hydrogens is 314 g/mol. The molecule has 0 radical (unpaired) electrons. The highest BCUT2D eigenvalue weighted by Gasteiger charge is 2.13. The Balaban J connectivity index is 1.92. The zero-order valence-electron chi connectivity index (χ0n) is 13.6. The largest absolute Gasteiger partial charge is 0.434 e. The number of carbonyl (C=O) groups is 1. The Kier molecular flexibility index (Phi) is 6.26. The van der Waals surface area contributed by atoms with Crippen molar-refractivity contribution in [2.24, 2.45) is 0 Å². The van der Waals surface area contributed by atoms with E-state index >= 15 is 0 Å². The molecule has 0 saturated carbocycles. The molecule has 0 fully saturated rings. The summed E-state index contributed by atoms with van der Waals surface area (Å²) in [6.07, 6.45) is 0. The van der Waals surface area contributed by atoms with E-state index in [1.54, 1.807) is 30.1 Å². The number of halogens is 2. The SMILES string of the molecule is Cc1ccc(NC(=O)CN(C)Cc2ccccc2OC(F)F)cc1. The summed E-state index contributed by atoms with van der Waals surface area (Å²) in [7, 11) is 1.74. The van der Waals surface area contributed by atoms with Crippen LogP contribution in [0.25, 0.3) is 0 Å². The molecule has 6 heteroatoms. The summed E-state index contributed by atoms with van der Waals surface area (Å²) in [5.41, 5.74) is 2.43. The van der Waals surface area contributed by atoms with E-state index in [2.05, 4.69) is 10.1 Å². The van der Waals surface area contributed by atoms with Crippen LogP contribution in [-0.4, -0.2) is 31.0 Å². The molecule has 0 bridgehead atoms. The van der Waals surface area contributed by atoms with Crippen LogP contribution in [0, 0.1) is 6.92 Å². The minimum atomic E-state index is -2.87. The van der Waals surface area contributed by atoms with Crippen molar-refractivity contribution in [3.8, 4) is 5.75 Å². The highest BCUT2D eigenvalue weighted by atomic mass is 19.3. The highest BCUT2D eigenvalue weighted by molar-refractivity contribution is 5.92. The van der Waals surface area contributed by atoms with Gasteiger partial charge in [-0.25, -0.2) is 0 Å². The molecule has 2 aromatic rings. The van der Waals surface area contributed by atoms with Crippen molar-refractivity contribution in [3.63, 3.8) is 0 Å². The lowest BCUT2D eigenvalue weighted by molar-refractivity contribution is -0.117. The number of hydrogen-bond acceptors (Lipinski definition) is 3. The van der Waals surface area contributed by atoms with Gasteiger partial charge in [0.25, 0.3) is 0 Å². The second kappa shape index (κ2) is 8.40. The second-order valence-electron chi connectivity index (χ2n) is 5.57. The third-order valence-electron chi connectivity index (χ3n) is 3.38. The van der Waals surface area contributed by atoms with Crippen molar-refractivity contribution in [2.75, 3.05) is 18.9 Å². The van der Waals surface area contributed by atoms with E-state index in [9.17, 15) is 13.6 Å². The quantitative estimate of drug-likeness (QED) is 0.840. The summed E-state index contributed by atoms with van der Waals surface area (Å²) in [5.74, 6) is -0.0492. The van der Waals surface area contributed by atoms with Gasteiger partial charge in [0.05, 0.1) is 6.54 Å². The zero-order valence-corrected chi connectivity index (χ0v) is 13.6. The van der Waals surface area contributed by atoms with Crippen LogP contribution in [0.2, 0.25) is 0 Å². The van der Waals surface area contributed by atoms with Crippen molar-refractivity contribution in [1.82, 2.24) is 4.90 Å². The Hall–Kier alpha value is -2.47. The Morgan fingerprint density at radius 2 is 1.83 bits per heavy atom. The van der Waals surface area contributed by atoms with Crippen LogP contribution < -0.4 is 10.1 Å². The molecule has 4 nitrogen and oxygen atoms in total. The topological polar surface area (TPSA) is 41.6 Å². The number of ether oxygens (including phenoxy) is 1. The standard InChI is InChI=1S/C18H20F2N2O2/c1-13-7-9-15(10-8-13)21-17(23)12-22(2)11-14-5-3-4-6-16(14)24-18(19)20/h3-10,18H,11-12H2,1-2H3,(H,21,23). The number of hydrogen-bond donors (Lipinski definition) is 1. The Bertz CT molecular complexity index is 675. The number of anilines is 1. The molecule has 0 spiro atoms. The van der Waals surface area contributed by atoms with E-state index in [0.29, 0.717) is 12.1 Å². The van der Waals surface area contributed by atoms with Crippen molar-refractivity contribution in [1.29, 1.82) is 0 Å². The molecule has 0 heterocycles. The van der Waals surface area contributed by atoms with Crippen LogP contribution in [0.4, 0.5) is 14.5 Å². The predicted octanol–water partition coefficient (Wildman–Crippen LogP) is 3.67. The number of nitrogens with one attached hydrogen (secondary N) is 1. The third-order valence-corrected chi connectivity index (χ3v) is 3.38. The van der Waals surface area contributed by atoms with Gasteiger partial charge in [0.1, 0.15) is 5.75 Å². The van der Waals surface area contributed by atoms with Gasteiger partial charge < -0.3 is 10.1 Å². The van der Waals surface area contributed by atoms with Gasteiger partial charge in [-0.15, -0.1) is 0 Å². The van der Waals surface area contributed by atoms with E-state index in [1.807, 2.05) is 31.2 Å². The summed E-state index contributed by atoms with van der Waals surface area (Å²) < 4.78 is 29.3. The number of likely N-dealkylation sites (N-methyl/N-ethyl adjacent to an activating group) is 1. The van der Waals surface area contributed by atoms with Crippen molar-refractivity contribution in [3.05, 3.63) is 59.7 Å². The summed E-state index contributed by atoms with van der Waals surface area (Å²) in [5, 5.41) is 2.80. The third kappa shape index (κ3) is 5.62. The Morgan fingerprint density at radius 3 is 2.50 bits per heavy atom. The maximum Gasteiger partial charge on any atom is 0.387 e. The van der Waals surface area contributed by atoms with Gasteiger partial charge >= 0.3 is 6.61 Å². The molecule has 2 rings (SSSR count). The normalized spacial score (nSPS) is 10.9. The fraction of sp³-hybridized carbons (Fsp3) is 0.278. The first-order chi connectivity index (χ1) is 11.4. The molecule has 0 aliphatic heterocycles. The average molecular weight is 334 g/mol. The van der Waals surface area contributed by atoms with Gasteiger partial charge in [-0.3, -0.25) is 9.69 Å². The summed E-state index contributed by atoms with van der Waals surface area (Å²) in [6.45, 7) is -0.444. The summed E-state index contributed by atoms with van der Waals surface area (Å²) in [4.78, 5) is 13.8. The molecule has 0 unspecified atom stereocenters. The first kappa shape index (κ1) is 17.9. The number of para-hydroxylation sites is 1. The lowest BCUT2D eigenvalue weighted by Gasteiger charge is -2.18. The number of nitrogens with zero attached hydrogens (tertiary/aromatic N) is 1. The van der Waals surface area contributed by atoms with E-state index in [0.717, 1.165) is 11.3 Å². The Labute approximate surface area is 140 Å². The van der Waals surface area contributed by atoms with Crippen LogP contribution in [0.1, 0.15) is 11.1 Å². The number of alkyl halides is 2. The first-order valence-electron chi connectivity index (χ1n) is 7.52. The van der Waals surface area contributed by atoms with E-state index in [1.165, 1.54) is 6.07 Å². The van der Waals surface area contributed by atoms with Crippen molar-refractivity contribution >= 4 is 11.6 Å². The molecule has 128 valence electrons. The van der Waals surface area contributed by atoms with Gasteiger partial charge in [-0.05, 0) is 32.2 Å². The Morgan fingerprint density at radius 1 is 1.17 bits per heavy atom. The van der Waals surface area contributed by atoms with Gasteiger partial charge in [0.2, 0.25) is 5.91 Å². The van der Waals surface area contributed by atoms with E-state index in [4.69, 9.17) is 0 Å². The van der Waals surface area contributed by atoms with Gasteiger partial charge in [0, 0.05) is 17.8 Å². The summed E-state index contributed by atoms with van der Waals surface area (Å²) in [6, 6.07) is 14.1. The average Bonchev–Trinajstić information content (AvgIpc) is 2.51. The van der Waals surface area contributed by atoms with Gasteiger partial charge in [-0.1, -0.05) is 35.9 Å². The fourth-order valence-corrected chi connectivity index (χ4v) is 2.27. The molecule has 0 aliphatic rings. The van der Waals surface area contributed by atoms with Crippen molar-refractivity contribution < 1.29 is 18.3 Å². The van der Waals surface area contributed by atoms with Crippen LogP contribution in [-0.2, 0) is 11.3 Å². The zero-order chi connectivity index (χ0) is 17.5. The molecule has 0 saturated heterocycles. The molecule has 0 atom stereocenters. The number of amides is 1. The molecular formula is C18H20F2N2O2. The monoisotopic (exact) mass is 334 g/mol. The fourth-order valence-electron chi connectivity index (χ4n) is 2.27. The number of aryl methyl sites for hydroxylation is 1. The van der Waals surface area contributed by atoms with Crippen LogP contribution >= 0.6 is 0 Å². The van der Waals surface area contributed by atoms with E-state index < -0.39 is 6.61 Å². The highest BCUT2D eigenvalue weighted by Crippen LogP contribution is 2.21. The molecule has 1 N–H and O–H groups in total. The predicted molar refractivity (Wildman–Crippen MR) is 89.2 cm³/mol. The second-order valence-corrected chi connectivity index (χ2v) is 5.57. The molecule has 0 aliphatic carbocycles. The van der Waals surface area contributed by atoms with Gasteiger partial charge in [-0.2, -0.15) is 8.78 Å². The molecule has 2 aromatic carbocycles. The van der Waals surface area contributed by atoms with E-state index in [-0.39, 0.29) is 18.2 Å². The molecule has 0 aromatic heterocycles. The summed E-state index contributed by atoms with van der Waals surface area (Å²) >= 11 is 0. The lowest BCUT2D eigenvalue weighted by atomic mass is 10.2. The van der Waals surface area contributed by atoms with Crippen LogP contribution in [0.15, 0.2) is 48.5 Å². The van der Waals surface area contributed by atoms with Crippen LogP contribution in [0.5, 0.6) is 5.75 Å². The first-order valence-corrected chi connectivity index (χ1v) is 7.52. The minimum Gasteiger partial charge on any atom is -0.434 e. The smallest absolute Gasteiger partial charge is 0.387 e. The minimum absolute atomic E-state index is 0.123. The molecule has 24 heavy (non-hydrogen) atoms. The van der Waals surface area contributed by atoms with Gasteiger partial charge in [0.15, 0.2) is 0 Å². The molecule has 1 amide bonds. The number of carbonyl (C=O) groups excluding carboxylic acids is 1. The van der Waals surface area contributed by atoms with Crippen molar-refractivity contribution in [2.45, 2.75) is 20.1 Å². The number of benzene rings is 2. The maximum atomic E-state index is 12.4. The number of rotatable bonds is 7. The van der Waals surface area contributed by atoms with Crippen LogP contribution in [0.3, 0.4) is 0 Å².